The lowest BCUT2D eigenvalue weighted by atomic mass is 9.83. The molecule has 3 amide bonds. The topological polar surface area (TPSA) is 95.0 Å². The molecule has 3 aliphatic rings. The summed E-state index contributed by atoms with van der Waals surface area (Å²) in [6.07, 6.45) is 4.15. The molecule has 1 aromatic heterocycles. The molecule has 2 N–H and O–H groups in total. The van der Waals surface area contributed by atoms with Gasteiger partial charge in [-0.1, -0.05) is 12.1 Å². The van der Waals surface area contributed by atoms with E-state index in [0.717, 1.165) is 48.4 Å². The maximum absolute atomic E-state index is 13.7. The van der Waals surface area contributed by atoms with Crippen LogP contribution in [0.5, 0.6) is 0 Å². The number of aliphatic hydroxyl groups is 1. The summed E-state index contributed by atoms with van der Waals surface area (Å²) in [6, 6.07) is 7.34. The Morgan fingerprint density at radius 1 is 1.09 bits per heavy atom. The highest BCUT2D eigenvalue weighted by Crippen LogP contribution is 2.35. The number of hydrogen-bond donors (Lipinski definition) is 2. The Balaban J connectivity index is 1.19. The average molecular weight is 487 g/mol. The lowest BCUT2D eigenvalue weighted by Crippen LogP contribution is -2.50. The third-order valence-electron chi connectivity index (χ3n) is 7.37. The van der Waals surface area contributed by atoms with E-state index >= 15 is 0 Å². The van der Waals surface area contributed by atoms with Gasteiger partial charge in [0, 0.05) is 36.9 Å². The fourth-order valence-corrected chi connectivity index (χ4v) is 5.45. The summed E-state index contributed by atoms with van der Waals surface area (Å²) < 4.78 is 32.1. The smallest absolute Gasteiger partial charge is 0.418 e. The Hall–Kier alpha value is -3.11. The van der Waals surface area contributed by atoms with Crippen molar-refractivity contribution in [2.45, 2.75) is 55.8 Å². The van der Waals surface area contributed by atoms with Gasteiger partial charge in [0.15, 0.2) is 11.6 Å². The van der Waals surface area contributed by atoms with Crippen molar-refractivity contribution in [2.24, 2.45) is 0 Å². The van der Waals surface area contributed by atoms with Gasteiger partial charge in [0.1, 0.15) is 12.6 Å². The third-order valence-corrected chi connectivity index (χ3v) is 7.37. The van der Waals surface area contributed by atoms with E-state index in [1.54, 1.807) is 0 Å². The predicted octanol–water partition coefficient (Wildman–Crippen LogP) is 3.33. The largest absolute Gasteiger partial charge is 0.446 e. The van der Waals surface area contributed by atoms with Crippen LogP contribution < -0.4 is 5.32 Å². The molecule has 0 bridgehead atoms. The zero-order valence-corrected chi connectivity index (χ0v) is 19.1. The van der Waals surface area contributed by atoms with Gasteiger partial charge in [-0.05, 0) is 55.5 Å². The molecule has 5 rings (SSSR count). The summed E-state index contributed by atoms with van der Waals surface area (Å²) in [5.41, 5.74) is 1.37. The monoisotopic (exact) mass is 486 g/mol. The molecule has 0 radical (unpaired) electrons. The molecule has 186 valence electrons. The molecule has 2 unspecified atom stereocenters. The Morgan fingerprint density at radius 3 is 2.60 bits per heavy atom. The number of rotatable bonds is 4. The van der Waals surface area contributed by atoms with Crippen LogP contribution in [-0.4, -0.2) is 69.9 Å². The Labute approximate surface area is 201 Å². The Morgan fingerprint density at radius 2 is 1.89 bits per heavy atom. The van der Waals surface area contributed by atoms with E-state index in [-0.39, 0.29) is 12.2 Å². The minimum Gasteiger partial charge on any atom is -0.446 e. The number of carbonyl (C=O) groups excluding carboxylic acids is 2. The highest BCUT2D eigenvalue weighted by Gasteiger charge is 2.43. The van der Waals surface area contributed by atoms with Crippen LogP contribution in [0.1, 0.15) is 48.9 Å². The summed E-state index contributed by atoms with van der Waals surface area (Å²) >= 11 is 0. The number of nitrogens with zero attached hydrogens (tertiary/aromatic N) is 3. The van der Waals surface area contributed by atoms with E-state index in [1.807, 2.05) is 18.3 Å². The molecular formula is C25H28F2N4O4. The molecule has 10 heteroatoms. The molecule has 2 aromatic rings. The molecule has 1 aromatic carbocycles. The number of imide groups is 1. The van der Waals surface area contributed by atoms with Crippen LogP contribution in [-0.2, 0) is 4.74 Å². The highest BCUT2D eigenvalue weighted by atomic mass is 19.2. The number of pyridine rings is 1. The average Bonchev–Trinajstić information content (AvgIpc) is 3.44. The summed E-state index contributed by atoms with van der Waals surface area (Å²) in [6.45, 7) is 0.738. The van der Waals surface area contributed by atoms with Gasteiger partial charge in [-0.2, -0.15) is 0 Å². The number of carbonyl (C=O) groups is 2. The fraction of sp³-hybridized carbons (Fsp3) is 0.480. The van der Waals surface area contributed by atoms with Crippen molar-refractivity contribution < 1.29 is 28.2 Å². The summed E-state index contributed by atoms with van der Waals surface area (Å²) in [5.74, 6) is -1.65. The molecule has 2 saturated heterocycles. The Kier molecular flexibility index (Phi) is 6.66. The second kappa shape index (κ2) is 9.87. The van der Waals surface area contributed by atoms with Crippen LogP contribution in [0.2, 0.25) is 0 Å². The molecule has 2 aliphatic heterocycles. The van der Waals surface area contributed by atoms with Gasteiger partial charge in [0.2, 0.25) is 0 Å². The molecule has 3 fully saturated rings. The van der Waals surface area contributed by atoms with Gasteiger partial charge in [-0.15, -0.1) is 0 Å². The maximum atomic E-state index is 13.7. The number of nitrogens with one attached hydrogen (secondary N) is 1. The molecule has 35 heavy (non-hydrogen) atoms. The number of aromatic nitrogens is 1. The number of likely N-dealkylation sites (tertiary alicyclic amines) is 1. The van der Waals surface area contributed by atoms with Crippen molar-refractivity contribution in [3.8, 4) is 0 Å². The second-order valence-electron chi connectivity index (χ2n) is 9.47. The quantitative estimate of drug-likeness (QED) is 0.689. The standard InChI is InChI=1S/C25H28F2N4O4/c26-18-9-6-16(11-19(18)27)22-14-35-25(34)31(22)24(33)29-21-12-30(13-23(21)32)17-7-4-15(5-8-17)20-3-1-2-10-28-20/h1-3,6,9-11,15,17,21-23,32H,4-5,7-8,12-14H2,(H,29,33)/t15?,17?,21?,22-,23?/m1/s1. The summed E-state index contributed by atoms with van der Waals surface area (Å²) in [5, 5.41) is 13.4. The van der Waals surface area contributed by atoms with Crippen molar-refractivity contribution in [3.63, 3.8) is 0 Å². The molecule has 0 spiro atoms. The minimum atomic E-state index is -1.07. The number of cyclic esters (lactones) is 1. The Bertz CT molecular complexity index is 1080. The first-order chi connectivity index (χ1) is 16.9. The van der Waals surface area contributed by atoms with Crippen molar-refractivity contribution >= 4 is 12.1 Å². The number of benzene rings is 1. The number of halogens is 2. The van der Waals surface area contributed by atoms with Crippen LogP contribution in [0.25, 0.3) is 0 Å². The molecule has 1 aliphatic carbocycles. The van der Waals surface area contributed by atoms with E-state index in [4.69, 9.17) is 4.74 Å². The molecule has 3 heterocycles. The van der Waals surface area contributed by atoms with Crippen LogP contribution in [0, 0.1) is 11.6 Å². The fourth-order valence-electron chi connectivity index (χ4n) is 5.45. The van der Waals surface area contributed by atoms with Gasteiger partial charge in [0.05, 0.1) is 12.1 Å². The third kappa shape index (κ3) is 4.85. The normalized spacial score (nSPS) is 29.3. The van der Waals surface area contributed by atoms with E-state index in [0.29, 0.717) is 25.0 Å². The SMILES string of the molecule is O=C(NC1CN(C2CCC(c3ccccn3)CC2)CC1O)N1C(=O)OC[C@@H]1c1ccc(F)c(F)c1. The lowest BCUT2D eigenvalue weighted by molar-refractivity contribution is 0.130. The first-order valence-electron chi connectivity index (χ1n) is 11.9. The zero-order valence-electron chi connectivity index (χ0n) is 19.1. The minimum absolute atomic E-state index is 0.157. The molecule has 8 nitrogen and oxygen atoms in total. The first kappa shape index (κ1) is 23.6. The van der Waals surface area contributed by atoms with Crippen molar-refractivity contribution in [1.82, 2.24) is 20.1 Å². The van der Waals surface area contributed by atoms with E-state index in [9.17, 15) is 23.5 Å². The maximum Gasteiger partial charge on any atom is 0.418 e. The van der Waals surface area contributed by atoms with Crippen LogP contribution >= 0.6 is 0 Å². The number of amides is 3. The number of aliphatic hydroxyl groups excluding tert-OH is 1. The van der Waals surface area contributed by atoms with Gasteiger partial charge in [0.25, 0.3) is 0 Å². The highest BCUT2D eigenvalue weighted by molar-refractivity contribution is 5.93. The van der Waals surface area contributed by atoms with Gasteiger partial charge in [-0.3, -0.25) is 9.88 Å². The van der Waals surface area contributed by atoms with Crippen molar-refractivity contribution in [1.29, 1.82) is 0 Å². The lowest BCUT2D eigenvalue weighted by Gasteiger charge is -2.34. The number of β-amino-alcohol motifs (C(OH)–C–C–N with tert-alkyl or cyclic N) is 1. The molecular weight excluding hydrogens is 458 g/mol. The number of hydrogen-bond acceptors (Lipinski definition) is 6. The summed E-state index contributed by atoms with van der Waals surface area (Å²) in [7, 11) is 0. The first-order valence-corrected chi connectivity index (χ1v) is 11.9. The zero-order chi connectivity index (χ0) is 24.5. The van der Waals surface area contributed by atoms with Gasteiger partial charge < -0.3 is 15.2 Å². The number of urea groups is 1. The van der Waals surface area contributed by atoms with Gasteiger partial charge in [-0.25, -0.2) is 23.3 Å². The van der Waals surface area contributed by atoms with E-state index in [2.05, 4.69) is 21.3 Å². The van der Waals surface area contributed by atoms with Crippen LogP contribution in [0.15, 0.2) is 42.6 Å². The van der Waals surface area contributed by atoms with E-state index in [1.165, 1.54) is 6.07 Å². The predicted molar refractivity (Wildman–Crippen MR) is 121 cm³/mol. The summed E-state index contributed by atoms with van der Waals surface area (Å²) in [4.78, 5) is 32.8. The van der Waals surface area contributed by atoms with Crippen molar-refractivity contribution in [2.75, 3.05) is 19.7 Å². The van der Waals surface area contributed by atoms with Crippen molar-refractivity contribution in [3.05, 3.63) is 65.5 Å². The van der Waals surface area contributed by atoms with Gasteiger partial charge >= 0.3 is 12.1 Å². The van der Waals surface area contributed by atoms with Crippen LogP contribution in [0.4, 0.5) is 18.4 Å². The van der Waals surface area contributed by atoms with E-state index < -0.39 is 41.9 Å². The molecule has 1 saturated carbocycles. The second-order valence-corrected chi connectivity index (χ2v) is 9.47. The molecule has 3 atom stereocenters. The number of ether oxygens (including phenoxy) is 1. The van der Waals surface area contributed by atoms with Crippen LogP contribution in [0.3, 0.4) is 0 Å².